The molecule has 0 bridgehead atoms. The summed E-state index contributed by atoms with van der Waals surface area (Å²) in [6, 6.07) is 11.6. The van der Waals surface area contributed by atoms with Crippen LogP contribution >= 0.6 is 11.8 Å². The highest BCUT2D eigenvalue weighted by atomic mass is 32.2. The lowest BCUT2D eigenvalue weighted by molar-refractivity contribution is -0.116. The summed E-state index contributed by atoms with van der Waals surface area (Å²) in [5, 5.41) is 4.05. The fourth-order valence-electron chi connectivity index (χ4n) is 2.69. The van der Waals surface area contributed by atoms with Gasteiger partial charge in [0.05, 0.1) is 11.4 Å². The zero-order valence-corrected chi connectivity index (χ0v) is 13.3. The number of anilines is 1. The summed E-state index contributed by atoms with van der Waals surface area (Å²) in [6.45, 7) is 1.30. The van der Waals surface area contributed by atoms with Crippen LogP contribution < -0.4 is 5.32 Å². The second kappa shape index (κ2) is 5.96. The summed E-state index contributed by atoms with van der Waals surface area (Å²) in [6.07, 6.45) is 5.82. The first-order valence-electron chi connectivity index (χ1n) is 7.49. The van der Waals surface area contributed by atoms with Crippen molar-refractivity contribution >= 4 is 23.4 Å². The smallest absolute Gasteiger partial charge is 0.244 e. The Morgan fingerprint density at radius 2 is 2.04 bits per heavy atom. The molecule has 0 spiro atoms. The highest BCUT2D eigenvalue weighted by molar-refractivity contribution is 7.99. The average Bonchev–Trinajstić information content (AvgIpc) is 3.24. The van der Waals surface area contributed by atoms with Crippen LogP contribution in [0.1, 0.15) is 0 Å². The number of fused-ring (bicyclic) bond motifs is 1. The molecule has 0 atom stereocenters. The molecule has 6 heteroatoms. The standard InChI is InChI=1S/C17H16N4OS/c22-16(12-20-7-3-4-8-20)18-14-6-2-1-5-13(14)15-11-21-9-10-23-17(21)19-15/h1-8,11H,9-10,12H2,(H,18,22). The molecule has 1 aliphatic rings. The summed E-state index contributed by atoms with van der Waals surface area (Å²) in [5.74, 6) is 1.03. The van der Waals surface area contributed by atoms with Crippen molar-refractivity contribution in [3.05, 3.63) is 55.0 Å². The molecule has 2 aromatic heterocycles. The number of nitrogens with one attached hydrogen (secondary N) is 1. The Labute approximate surface area is 138 Å². The number of hydrogen-bond acceptors (Lipinski definition) is 3. The number of thioether (sulfide) groups is 1. The van der Waals surface area contributed by atoms with Crippen molar-refractivity contribution < 1.29 is 4.79 Å². The number of hydrogen-bond donors (Lipinski definition) is 1. The van der Waals surface area contributed by atoms with Gasteiger partial charge in [0.1, 0.15) is 6.54 Å². The molecule has 116 valence electrons. The summed E-state index contributed by atoms with van der Waals surface area (Å²) >= 11 is 1.77. The van der Waals surface area contributed by atoms with Crippen LogP contribution in [0.3, 0.4) is 0 Å². The van der Waals surface area contributed by atoms with Crippen molar-refractivity contribution in [2.75, 3.05) is 11.1 Å². The summed E-state index contributed by atoms with van der Waals surface area (Å²) in [7, 11) is 0. The lowest BCUT2D eigenvalue weighted by Gasteiger charge is -2.10. The van der Waals surface area contributed by atoms with Crippen LogP contribution in [-0.2, 0) is 17.9 Å². The molecule has 1 N–H and O–H groups in total. The van der Waals surface area contributed by atoms with Crippen LogP contribution in [0.2, 0.25) is 0 Å². The summed E-state index contributed by atoms with van der Waals surface area (Å²) in [4.78, 5) is 16.9. The molecule has 0 radical (unpaired) electrons. The van der Waals surface area contributed by atoms with Gasteiger partial charge in [-0.05, 0) is 18.2 Å². The minimum Gasteiger partial charge on any atom is -0.345 e. The van der Waals surface area contributed by atoms with Gasteiger partial charge in [-0.1, -0.05) is 30.0 Å². The van der Waals surface area contributed by atoms with Crippen molar-refractivity contribution in [2.24, 2.45) is 0 Å². The quantitative estimate of drug-likeness (QED) is 0.802. The Hall–Kier alpha value is -2.47. The molecular formula is C17H16N4OS. The molecule has 0 aliphatic carbocycles. The second-order valence-corrected chi connectivity index (χ2v) is 6.46. The van der Waals surface area contributed by atoms with Crippen LogP contribution in [0, 0.1) is 0 Å². The Morgan fingerprint density at radius 3 is 2.87 bits per heavy atom. The zero-order chi connectivity index (χ0) is 15.6. The number of aryl methyl sites for hydroxylation is 1. The maximum atomic E-state index is 12.2. The number of carbonyl (C=O) groups is 1. The minimum atomic E-state index is -0.0465. The van der Waals surface area contributed by atoms with Crippen molar-refractivity contribution in [3.63, 3.8) is 0 Å². The minimum absolute atomic E-state index is 0.0465. The average molecular weight is 324 g/mol. The molecule has 1 aromatic carbocycles. The van der Waals surface area contributed by atoms with Gasteiger partial charge in [0.2, 0.25) is 5.91 Å². The van der Waals surface area contributed by atoms with Gasteiger partial charge in [0.15, 0.2) is 5.16 Å². The first-order valence-corrected chi connectivity index (χ1v) is 8.48. The molecule has 3 aromatic rings. The van der Waals surface area contributed by atoms with Gasteiger partial charge in [-0.25, -0.2) is 4.98 Å². The van der Waals surface area contributed by atoms with E-state index in [1.165, 1.54) is 0 Å². The predicted octanol–water partition coefficient (Wildman–Crippen LogP) is 3.10. The van der Waals surface area contributed by atoms with E-state index in [1.807, 2.05) is 53.4 Å². The normalized spacial score (nSPS) is 13.0. The SMILES string of the molecule is O=C(Cn1cccc1)Nc1ccccc1-c1cn2c(n1)SCC2. The number of aromatic nitrogens is 3. The zero-order valence-electron chi connectivity index (χ0n) is 12.5. The summed E-state index contributed by atoms with van der Waals surface area (Å²) < 4.78 is 4.01. The Morgan fingerprint density at radius 1 is 1.22 bits per heavy atom. The van der Waals surface area contributed by atoms with E-state index in [-0.39, 0.29) is 5.91 Å². The van der Waals surface area contributed by atoms with E-state index in [2.05, 4.69) is 21.1 Å². The number of nitrogens with zero attached hydrogens (tertiary/aromatic N) is 3. The fourth-order valence-corrected chi connectivity index (χ4v) is 3.63. The van der Waals surface area contributed by atoms with Gasteiger partial charge in [-0.2, -0.15) is 0 Å². The van der Waals surface area contributed by atoms with E-state index in [1.54, 1.807) is 11.8 Å². The van der Waals surface area contributed by atoms with Gasteiger partial charge in [0, 0.05) is 36.5 Å². The first kappa shape index (κ1) is 14.1. The molecule has 0 saturated heterocycles. The van der Waals surface area contributed by atoms with Crippen molar-refractivity contribution in [3.8, 4) is 11.3 Å². The van der Waals surface area contributed by atoms with Gasteiger partial charge in [-0.15, -0.1) is 0 Å². The molecule has 0 unspecified atom stereocenters. The Kier molecular flexibility index (Phi) is 3.67. The second-order valence-electron chi connectivity index (χ2n) is 5.40. The number of rotatable bonds is 4. The fraction of sp³-hybridized carbons (Fsp3) is 0.176. The number of para-hydroxylation sites is 1. The maximum Gasteiger partial charge on any atom is 0.244 e. The van der Waals surface area contributed by atoms with Crippen LogP contribution in [0.15, 0.2) is 60.1 Å². The lowest BCUT2D eigenvalue weighted by atomic mass is 10.1. The van der Waals surface area contributed by atoms with Crippen molar-refractivity contribution in [1.82, 2.24) is 14.1 Å². The van der Waals surface area contributed by atoms with Gasteiger partial charge >= 0.3 is 0 Å². The van der Waals surface area contributed by atoms with E-state index in [0.717, 1.165) is 34.4 Å². The molecule has 4 rings (SSSR count). The Bertz CT molecular complexity index is 817. The van der Waals surface area contributed by atoms with Crippen molar-refractivity contribution in [1.29, 1.82) is 0 Å². The van der Waals surface area contributed by atoms with E-state index in [9.17, 15) is 4.79 Å². The number of imidazole rings is 1. The highest BCUT2D eigenvalue weighted by Gasteiger charge is 2.17. The molecule has 0 fully saturated rings. The van der Waals surface area contributed by atoms with Crippen LogP contribution in [0.4, 0.5) is 5.69 Å². The third-order valence-corrected chi connectivity index (χ3v) is 4.74. The highest BCUT2D eigenvalue weighted by Crippen LogP contribution is 2.32. The van der Waals surface area contributed by atoms with E-state index >= 15 is 0 Å². The Balaban J connectivity index is 1.58. The summed E-state index contributed by atoms with van der Waals surface area (Å²) in [5.41, 5.74) is 2.66. The van der Waals surface area contributed by atoms with Crippen molar-refractivity contribution in [2.45, 2.75) is 18.2 Å². The number of amides is 1. The molecule has 5 nitrogen and oxygen atoms in total. The number of carbonyl (C=O) groups excluding carboxylic acids is 1. The molecule has 1 amide bonds. The molecular weight excluding hydrogens is 308 g/mol. The molecule has 23 heavy (non-hydrogen) atoms. The number of benzene rings is 1. The molecule has 1 aliphatic heterocycles. The largest absolute Gasteiger partial charge is 0.345 e. The molecule has 3 heterocycles. The maximum absolute atomic E-state index is 12.2. The van der Waals surface area contributed by atoms with Gasteiger partial charge in [-0.3, -0.25) is 4.79 Å². The van der Waals surface area contributed by atoms with Gasteiger partial charge < -0.3 is 14.5 Å². The van der Waals surface area contributed by atoms with E-state index in [0.29, 0.717) is 6.54 Å². The van der Waals surface area contributed by atoms with Crippen LogP contribution in [-0.4, -0.2) is 25.8 Å². The van der Waals surface area contributed by atoms with E-state index < -0.39 is 0 Å². The topological polar surface area (TPSA) is 51.9 Å². The van der Waals surface area contributed by atoms with E-state index in [4.69, 9.17) is 0 Å². The third kappa shape index (κ3) is 2.90. The monoisotopic (exact) mass is 324 g/mol. The van der Waals surface area contributed by atoms with Crippen LogP contribution in [0.25, 0.3) is 11.3 Å². The van der Waals surface area contributed by atoms with Crippen LogP contribution in [0.5, 0.6) is 0 Å². The lowest BCUT2D eigenvalue weighted by Crippen LogP contribution is -2.18. The first-order chi connectivity index (χ1) is 11.3. The van der Waals surface area contributed by atoms with Gasteiger partial charge in [0.25, 0.3) is 0 Å². The predicted molar refractivity (Wildman–Crippen MR) is 91.4 cm³/mol. The molecule has 0 saturated carbocycles. The third-order valence-electron chi connectivity index (χ3n) is 3.77.